The Morgan fingerprint density at radius 1 is 1.62 bits per heavy atom. The summed E-state index contributed by atoms with van der Waals surface area (Å²) in [6.45, 7) is 4.59. The van der Waals surface area contributed by atoms with Crippen molar-refractivity contribution < 1.29 is 9.53 Å². The molecule has 1 aromatic rings. The van der Waals surface area contributed by atoms with Crippen molar-refractivity contribution in [3.8, 4) is 0 Å². The molecule has 0 amide bonds. The number of nitrogens with zero attached hydrogens (tertiary/aromatic N) is 1. The summed E-state index contributed by atoms with van der Waals surface area (Å²) in [5.41, 5.74) is 0.327. The maximum atomic E-state index is 11.6. The van der Waals surface area contributed by atoms with E-state index in [0.29, 0.717) is 23.1 Å². The molecule has 4 heteroatoms. The number of carbonyl (C=O) groups excluding carboxylic acids is 1. The number of esters is 1. The summed E-state index contributed by atoms with van der Waals surface area (Å²) in [7, 11) is 0. The van der Waals surface area contributed by atoms with Crippen LogP contribution in [-0.4, -0.2) is 17.6 Å². The zero-order chi connectivity index (χ0) is 12.0. The van der Waals surface area contributed by atoms with Crippen molar-refractivity contribution in [1.82, 2.24) is 4.98 Å². The summed E-state index contributed by atoms with van der Waals surface area (Å²) in [5, 5.41) is 0.378. The minimum atomic E-state index is -0.402. The third kappa shape index (κ3) is 3.81. The summed E-state index contributed by atoms with van der Waals surface area (Å²) < 4.78 is 5.16. The summed E-state index contributed by atoms with van der Waals surface area (Å²) >= 11 is 5.85. The normalized spacial score (nSPS) is 12.2. The largest absolute Gasteiger partial charge is 0.462 e. The Labute approximate surface area is 101 Å². The second kappa shape index (κ2) is 6.48. The Balaban J connectivity index is 2.50. The molecule has 0 aromatic carbocycles. The van der Waals surface area contributed by atoms with Crippen molar-refractivity contribution in [2.75, 3.05) is 6.61 Å². The first-order chi connectivity index (χ1) is 7.65. The van der Waals surface area contributed by atoms with Gasteiger partial charge < -0.3 is 4.74 Å². The molecule has 88 valence electrons. The minimum absolute atomic E-state index is 0.327. The van der Waals surface area contributed by atoms with Gasteiger partial charge in [0.1, 0.15) is 0 Å². The molecule has 0 radical (unpaired) electrons. The first kappa shape index (κ1) is 13.0. The fraction of sp³-hybridized carbons (Fsp3) is 0.500. The van der Waals surface area contributed by atoms with E-state index in [9.17, 15) is 4.79 Å². The van der Waals surface area contributed by atoms with Crippen molar-refractivity contribution in [2.45, 2.75) is 26.7 Å². The number of rotatable bonds is 5. The zero-order valence-electron chi connectivity index (χ0n) is 9.57. The highest BCUT2D eigenvalue weighted by Crippen LogP contribution is 2.15. The van der Waals surface area contributed by atoms with E-state index >= 15 is 0 Å². The van der Waals surface area contributed by atoms with Crippen LogP contribution in [0.15, 0.2) is 18.5 Å². The first-order valence-corrected chi connectivity index (χ1v) is 5.79. The standard InChI is InChI=1S/C12H16ClNO2/c1-3-4-9(2)8-16-12(15)10-7-14-6-5-11(10)13/h5-7,9H,3-4,8H2,1-2H3. The molecule has 0 aliphatic rings. The first-order valence-electron chi connectivity index (χ1n) is 5.41. The Bertz CT molecular complexity index is 355. The average molecular weight is 242 g/mol. The summed E-state index contributed by atoms with van der Waals surface area (Å²) in [4.78, 5) is 15.5. The number of hydrogen-bond acceptors (Lipinski definition) is 3. The molecule has 0 saturated carbocycles. The molecule has 0 N–H and O–H groups in total. The Kier molecular flexibility index (Phi) is 5.26. The smallest absolute Gasteiger partial charge is 0.341 e. The number of ether oxygens (including phenoxy) is 1. The van der Waals surface area contributed by atoms with Crippen LogP contribution in [0.1, 0.15) is 37.0 Å². The Morgan fingerprint density at radius 3 is 3.00 bits per heavy atom. The molecular weight excluding hydrogens is 226 g/mol. The van der Waals surface area contributed by atoms with Gasteiger partial charge in [-0.15, -0.1) is 0 Å². The summed E-state index contributed by atoms with van der Waals surface area (Å²) in [6, 6.07) is 1.58. The van der Waals surface area contributed by atoms with Gasteiger partial charge >= 0.3 is 5.97 Å². The molecule has 0 aliphatic heterocycles. The highest BCUT2D eigenvalue weighted by Gasteiger charge is 2.12. The molecule has 0 aliphatic carbocycles. The summed E-state index contributed by atoms with van der Waals surface area (Å²) in [6.07, 6.45) is 5.11. The van der Waals surface area contributed by atoms with Gasteiger partial charge in [-0.3, -0.25) is 4.98 Å². The van der Waals surface area contributed by atoms with Crippen LogP contribution in [0, 0.1) is 5.92 Å². The molecule has 1 unspecified atom stereocenters. The van der Waals surface area contributed by atoms with Gasteiger partial charge in [-0.2, -0.15) is 0 Å². The van der Waals surface area contributed by atoms with Gasteiger partial charge in [0, 0.05) is 12.4 Å². The maximum Gasteiger partial charge on any atom is 0.341 e. The fourth-order valence-corrected chi connectivity index (χ4v) is 1.58. The number of pyridine rings is 1. The van der Waals surface area contributed by atoms with E-state index in [0.717, 1.165) is 12.8 Å². The lowest BCUT2D eigenvalue weighted by Crippen LogP contribution is -2.12. The van der Waals surface area contributed by atoms with Crippen LogP contribution in [0.2, 0.25) is 5.02 Å². The van der Waals surface area contributed by atoms with Crippen LogP contribution >= 0.6 is 11.6 Å². The maximum absolute atomic E-state index is 11.6. The van der Waals surface area contributed by atoms with Gasteiger partial charge in [0.2, 0.25) is 0 Å². The van der Waals surface area contributed by atoms with E-state index in [1.165, 1.54) is 6.20 Å². The minimum Gasteiger partial charge on any atom is -0.462 e. The molecule has 0 saturated heterocycles. The number of halogens is 1. The average Bonchev–Trinajstić information content (AvgIpc) is 2.27. The molecule has 1 rings (SSSR count). The molecule has 0 spiro atoms. The lowest BCUT2D eigenvalue weighted by atomic mass is 10.1. The zero-order valence-corrected chi connectivity index (χ0v) is 10.3. The predicted octanol–water partition coefficient (Wildman–Crippen LogP) is 3.33. The van der Waals surface area contributed by atoms with Crippen LogP contribution in [0.25, 0.3) is 0 Å². The second-order valence-corrected chi connectivity index (χ2v) is 4.26. The van der Waals surface area contributed by atoms with Crippen LogP contribution in [0.4, 0.5) is 0 Å². The van der Waals surface area contributed by atoms with E-state index in [-0.39, 0.29) is 0 Å². The predicted molar refractivity (Wildman–Crippen MR) is 63.6 cm³/mol. The quantitative estimate of drug-likeness (QED) is 0.743. The van der Waals surface area contributed by atoms with Gasteiger partial charge in [0.25, 0.3) is 0 Å². The molecule has 0 bridgehead atoms. The molecule has 1 atom stereocenters. The van der Waals surface area contributed by atoms with Gasteiger partial charge in [-0.1, -0.05) is 31.9 Å². The van der Waals surface area contributed by atoms with E-state index in [1.807, 2.05) is 0 Å². The Morgan fingerprint density at radius 2 is 2.38 bits per heavy atom. The van der Waals surface area contributed by atoms with Crippen molar-refractivity contribution in [2.24, 2.45) is 5.92 Å². The van der Waals surface area contributed by atoms with E-state index < -0.39 is 5.97 Å². The Hall–Kier alpha value is -1.09. The van der Waals surface area contributed by atoms with Gasteiger partial charge in [-0.25, -0.2) is 4.79 Å². The van der Waals surface area contributed by atoms with Crippen molar-refractivity contribution in [1.29, 1.82) is 0 Å². The number of hydrogen-bond donors (Lipinski definition) is 0. The van der Waals surface area contributed by atoms with Crippen LogP contribution in [-0.2, 0) is 4.74 Å². The van der Waals surface area contributed by atoms with Crippen molar-refractivity contribution >= 4 is 17.6 Å². The molecular formula is C12H16ClNO2. The highest BCUT2D eigenvalue weighted by molar-refractivity contribution is 6.33. The van der Waals surface area contributed by atoms with E-state index in [4.69, 9.17) is 16.3 Å². The van der Waals surface area contributed by atoms with Crippen molar-refractivity contribution in [3.05, 3.63) is 29.0 Å². The van der Waals surface area contributed by atoms with Crippen molar-refractivity contribution in [3.63, 3.8) is 0 Å². The van der Waals surface area contributed by atoms with Crippen LogP contribution < -0.4 is 0 Å². The SMILES string of the molecule is CCCC(C)COC(=O)c1cnccc1Cl. The summed E-state index contributed by atoms with van der Waals surface area (Å²) in [5.74, 6) is -0.0227. The van der Waals surface area contributed by atoms with Gasteiger partial charge in [-0.05, 0) is 18.4 Å². The fourth-order valence-electron chi connectivity index (χ4n) is 1.40. The lowest BCUT2D eigenvalue weighted by Gasteiger charge is -2.11. The third-order valence-corrected chi connectivity index (χ3v) is 2.60. The monoisotopic (exact) mass is 241 g/mol. The highest BCUT2D eigenvalue weighted by atomic mass is 35.5. The second-order valence-electron chi connectivity index (χ2n) is 3.85. The van der Waals surface area contributed by atoms with Crippen LogP contribution in [0.5, 0.6) is 0 Å². The molecule has 3 nitrogen and oxygen atoms in total. The topological polar surface area (TPSA) is 39.2 Å². The van der Waals surface area contributed by atoms with E-state index in [2.05, 4.69) is 18.8 Å². The molecule has 0 fully saturated rings. The third-order valence-electron chi connectivity index (χ3n) is 2.27. The van der Waals surface area contributed by atoms with Crippen LogP contribution in [0.3, 0.4) is 0 Å². The lowest BCUT2D eigenvalue weighted by molar-refractivity contribution is 0.0443. The van der Waals surface area contributed by atoms with Gasteiger partial charge in [0.05, 0.1) is 17.2 Å². The number of aromatic nitrogens is 1. The van der Waals surface area contributed by atoms with Gasteiger partial charge in [0.15, 0.2) is 0 Å². The molecule has 1 aromatic heterocycles. The molecule has 16 heavy (non-hydrogen) atoms. The molecule has 1 heterocycles. The number of carbonyl (C=O) groups is 1. The van der Waals surface area contributed by atoms with E-state index in [1.54, 1.807) is 12.3 Å².